The number of hydrogen-bond acceptors (Lipinski definition) is 1. The van der Waals surface area contributed by atoms with Crippen LogP contribution in [0.5, 0.6) is 0 Å². The molecular weight excluding hydrogens is 196 g/mol. The van der Waals surface area contributed by atoms with Gasteiger partial charge in [0.15, 0.2) is 0 Å². The van der Waals surface area contributed by atoms with Crippen molar-refractivity contribution >= 4 is 0 Å². The summed E-state index contributed by atoms with van der Waals surface area (Å²) < 4.78 is 25.1. The van der Waals surface area contributed by atoms with Crippen LogP contribution in [0.3, 0.4) is 0 Å². The molecule has 0 amide bonds. The zero-order valence-electron chi connectivity index (χ0n) is 8.71. The molecule has 2 atom stereocenters. The van der Waals surface area contributed by atoms with Crippen LogP contribution in [0.1, 0.15) is 23.5 Å². The summed E-state index contributed by atoms with van der Waals surface area (Å²) in [4.78, 5) is 0. The molecule has 0 aliphatic heterocycles. The Morgan fingerprint density at radius 3 is 2.73 bits per heavy atom. The number of alkyl halides is 2. The molecule has 0 fully saturated rings. The minimum atomic E-state index is -2.28. The second-order valence-corrected chi connectivity index (χ2v) is 4.07. The average molecular weight is 211 g/mol. The Bertz CT molecular complexity index is 338. The molecule has 1 N–H and O–H groups in total. The number of rotatable bonds is 4. The Hall–Kier alpha value is -0.960. The molecular formula is C12H15F2N. The van der Waals surface area contributed by atoms with Gasteiger partial charge in [-0.2, -0.15) is 0 Å². The highest BCUT2D eigenvalue weighted by Crippen LogP contribution is 2.38. The van der Waals surface area contributed by atoms with Crippen LogP contribution in [-0.2, 0) is 6.42 Å². The van der Waals surface area contributed by atoms with Crippen molar-refractivity contribution < 1.29 is 8.78 Å². The summed E-state index contributed by atoms with van der Waals surface area (Å²) in [7, 11) is 1.60. The highest BCUT2D eigenvalue weighted by atomic mass is 19.3. The van der Waals surface area contributed by atoms with E-state index in [4.69, 9.17) is 0 Å². The third-order valence-corrected chi connectivity index (χ3v) is 3.17. The lowest BCUT2D eigenvalue weighted by atomic mass is 9.74. The molecule has 0 aromatic heterocycles. The van der Waals surface area contributed by atoms with Crippen molar-refractivity contribution in [3.05, 3.63) is 35.4 Å². The second kappa shape index (κ2) is 4.27. The van der Waals surface area contributed by atoms with Gasteiger partial charge in [0.2, 0.25) is 0 Å². The van der Waals surface area contributed by atoms with E-state index in [1.807, 2.05) is 18.2 Å². The third-order valence-electron chi connectivity index (χ3n) is 3.17. The van der Waals surface area contributed by atoms with Gasteiger partial charge in [0.25, 0.3) is 6.43 Å². The third kappa shape index (κ3) is 2.02. The van der Waals surface area contributed by atoms with Crippen molar-refractivity contribution in [2.24, 2.45) is 0 Å². The highest BCUT2D eigenvalue weighted by molar-refractivity contribution is 5.39. The van der Waals surface area contributed by atoms with E-state index in [-0.39, 0.29) is 0 Å². The first-order chi connectivity index (χ1) is 7.22. The molecule has 1 aliphatic carbocycles. The Balaban J connectivity index is 1.99. The summed E-state index contributed by atoms with van der Waals surface area (Å²) in [5.74, 6) is 0.313. The summed E-state index contributed by atoms with van der Waals surface area (Å²) in [6, 6.07) is 7.41. The zero-order valence-corrected chi connectivity index (χ0v) is 8.71. The summed E-state index contributed by atoms with van der Waals surface area (Å²) in [5, 5.41) is 2.68. The molecule has 82 valence electrons. The van der Waals surface area contributed by atoms with Crippen LogP contribution in [0, 0.1) is 0 Å². The van der Waals surface area contributed by atoms with Gasteiger partial charge in [0, 0.05) is 0 Å². The maximum atomic E-state index is 12.5. The fraction of sp³-hybridized carbons (Fsp3) is 0.500. The molecule has 0 radical (unpaired) electrons. The van der Waals surface area contributed by atoms with Gasteiger partial charge < -0.3 is 5.32 Å². The monoisotopic (exact) mass is 211 g/mol. The van der Waals surface area contributed by atoms with Gasteiger partial charge in [-0.3, -0.25) is 0 Å². The average Bonchev–Trinajstić information content (AvgIpc) is 2.19. The van der Waals surface area contributed by atoms with E-state index in [0.29, 0.717) is 12.3 Å². The van der Waals surface area contributed by atoms with Crippen molar-refractivity contribution in [3.63, 3.8) is 0 Å². The molecule has 2 unspecified atom stereocenters. The van der Waals surface area contributed by atoms with E-state index in [2.05, 4.69) is 11.4 Å². The number of hydrogen-bond donors (Lipinski definition) is 1. The van der Waals surface area contributed by atoms with Crippen LogP contribution in [-0.4, -0.2) is 19.5 Å². The Morgan fingerprint density at radius 1 is 1.40 bits per heavy atom. The molecule has 3 heteroatoms. The Kier molecular flexibility index (Phi) is 3.00. The molecule has 1 nitrogen and oxygen atoms in total. The summed E-state index contributed by atoms with van der Waals surface area (Å²) >= 11 is 0. The van der Waals surface area contributed by atoms with Crippen LogP contribution >= 0.6 is 0 Å². The van der Waals surface area contributed by atoms with Crippen LogP contribution in [0.25, 0.3) is 0 Å². The normalized spacial score (nSPS) is 20.9. The fourth-order valence-corrected chi connectivity index (χ4v) is 2.23. The van der Waals surface area contributed by atoms with E-state index < -0.39 is 12.5 Å². The van der Waals surface area contributed by atoms with Gasteiger partial charge in [-0.05, 0) is 36.9 Å². The maximum Gasteiger partial charge on any atom is 0.253 e. The predicted molar refractivity (Wildman–Crippen MR) is 56.4 cm³/mol. The van der Waals surface area contributed by atoms with E-state index in [0.717, 1.165) is 6.42 Å². The van der Waals surface area contributed by atoms with E-state index in [9.17, 15) is 8.78 Å². The summed E-state index contributed by atoms with van der Waals surface area (Å²) in [5.41, 5.74) is 2.56. The lowest BCUT2D eigenvalue weighted by Gasteiger charge is -2.32. The SMILES string of the molecule is CNC(CC1Cc2ccccc21)C(F)F. The molecule has 15 heavy (non-hydrogen) atoms. The lowest BCUT2D eigenvalue weighted by molar-refractivity contribution is 0.0930. The van der Waals surface area contributed by atoms with Gasteiger partial charge in [-0.15, -0.1) is 0 Å². The van der Waals surface area contributed by atoms with Crippen LogP contribution in [0.2, 0.25) is 0 Å². The second-order valence-electron chi connectivity index (χ2n) is 4.07. The first-order valence-electron chi connectivity index (χ1n) is 5.25. The van der Waals surface area contributed by atoms with Crippen molar-refractivity contribution in [2.45, 2.75) is 31.2 Å². The maximum absolute atomic E-state index is 12.5. The Morgan fingerprint density at radius 2 is 2.13 bits per heavy atom. The van der Waals surface area contributed by atoms with Gasteiger partial charge in [0.1, 0.15) is 0 Å². The van der Waals surface area contributed by atoms with Crippen molar-refractivity contribution in [2.75, 3.05) is 7.05 Å². The number of benzene rings is 1. The molecule has 0 heterocycles. The number of fused-ring (bicyclic) bond motifs is 1. The van der Waals surface area contributed by atoms with Crippen molar-refractivity contribution in [3.8, 4) is 0 Å². The first kappa shape index (κ1) is 10.6. The molecule has 1 aromatic rings. The topological polar surface area (TPSA) is 12.0 Å². The highest BCUT2D eigenvalue weighted by Gasteiger charge is 2.30. The lowest BCUT2D eigenvalue weighted by Crippen LogP contribution is -2.36. The van der Waals surface area contributed by atoms with E-state index in [1.165, 1.54) is 11.1 Å². The standard InChI is InChI=1S/C12H15F2N/c1-15-11(12(13)14)7-9-6-8-4-2-3-5-10(8)9/h2-5,9,11-12,15H,6-7H2,1H3. The molecule has 0 saturated heterocycles. The summed E-state index contributed by atoms with van der Waals surface area (Å²) in [6.45, 7) is 0. The molecule has 1 aromatic carbocycles. The first-order valence-corrected chi connectivity index (χ1v) is 5.25. The van der Waals surface area contributed by atoms with Crippen LogP contribution in [0.4, 0.5) is 8.78 Å². The minimum Gasteiger partial charge on any atom is -0.312 e. The Labute approximate surface area is 88.5 Å². The molecule has 2 rings (SSSR count). The zero-order chi connectivity index (χ0) is 10.8. The summed E-state index contributed by atoms with van der Waals surface area (Å²) in [6.07, 6.45) is -0.797. The molecule has 0 bridgehead atoms. The fourth-order valence-electron chi connectivity index (χ4n) is 2.23. The van der Waals surface area contributed by atoms with Gasteiger partial charge in [-0.25, -0.2) is 8.78 Å². The number of nitrogens with one attached hydrogen (secondary N) is 1. The quantitative estimate of drug-likeness (QED) is 0.807. The van der Waals surface area contributed by atoms with Gasteiger partial charge in [0.05, 0.1) is 6.04 Å². The van der Waals surface area contributed by atoms with E-state index in [1.54, 1.807) is 7.05 Å². The number of halogens is 2. The smallest absolute Gasteiger partial charge is 0.253 e. The van der Waals surface area contributed by atoms with Crippen molar-refractivity contribution in [1.82, 2.24) is 5.32 Å². The van der Waals surface area contributed by atoms with Gasteiger partial charge >= 0.3 is 0 Å². The van der Waals surface area contributed by atoms with Crippen LogP contribution < -0.4 is 5.32 Å². The van der Waals surface area contributed by atoms with E-state index >= 15 is 0 Å². The predicted octanol–water partition coefficient (Wildman–Crippen LogP) is 2.57. The minimum absolute atomic E-state index is 0.313. The molecule has 1 aliphatic rings. The van der Waals surface area contributed by atoms with Crippen molar-refractivity contribution in [1.29, 1.82) is 0 Å². The largest absolute Gasteiger partial charge is 0.312 e. The van der Waals surface area contributed by atoms with Crippen LogP contribution in [0.15, 0.2) is 24.3 Å². The molecule has 0 spiro atoms. The van der Waals surface area contributed by atoms with Gasteiger partial charge in [-0.1, -0.05) is 24.3 Å². The molecule has 0 saturated carbocycles.